The molecule has 106 valence electrons. The lowest BCUT2D eigenvalue weighted by Gasteiger charge is -2.21. The molecule has 0 aromatic heterocycles. The maximum atomic E-state index is 11.9. The van der Waals surface area contributed by atoms with Gasteiger partial charge in [0.15, 0.2) is 0 Å². The minimum absolute atomic E-state index is 0.116. The predicted molar refractivity (Wildman–Crippen MR) is 80.5 cm³/mol. The summed E-state index contributed by atoms with van der Waals surface area (Å²) in [4.78, 5) is 13.6. The van der Waals surface area contributed by atoms with Crippen LogP contribution in [0, 0.1) is 5.92 Å². The summed E-state index contributed by atoms with van der Waals surface area (Å²) in [5.74, 6) is 0.424. The number of amides is 2. The van der Waals surface area contributed by atoms with Crippen molar-refractivity contribution in [1.29, 1.82) is 0 Å². The largest absolute Gasteiger partial charge is 0.328 e. The molecule has 1 aromatic rings. The lowest BCUT2D eigenvalue weighted by atomic mass is 10.0. The number of nitrogens with one attached hydrogen (secondary N) is 1. The highest BCUT2D eigenvalue weighted by atomic mass is 35.5. The van der Waals surface area contributed by atoms with Gasteiger partial charge in [-0.1, -0.05) is 25.4 Å². The van der Waals surface area contributed by atoms with Crippen molar-refractivity contribution in [3.63, 3.8) is 0 Å². The summed E-state index contributed by atoms with van der Waals surface area (Å²) in [6.45, 7) is 4.80. The second kappa shape index (κ2) is 7.36. The number of halogens is 1. The number of benzene rings is 1. The molecular formula is C14H22ClN3O. The van der Waals surface area contributed by atoms with Crippen LogP contribution in [0.5, 0.6) is 0 Å². The average Bonchev–Trinajstić information content (AvgIpc) is 2.37. The molecule has 0 bridgehead atoms. The van der Waals surface area contributed by atoms with Crippen molar-refractivity contribution in [2.45, 2.75) is 26.3 Å². The van der Waals surface area contributed by atoms with Crippen LogP contribution >= 0.6 is 11.6 Å². The fourth-order valence-electron chi connectivity index (χ4n) is 1.53. The number of carbonyl (C=O) groups is 1. The van der Waals surface area contributed by atoms with Crippen molar-refractivity contribution in [2.24, 2.45) is 11.7 Å². The van der Waals surface area contributed by atoms with E-state index in [0.29, 0.717) is 17.5 Å². The van der Waals surface area contributed by atoms with Crippen molar-refractivity contribution in [3.8, 4) is 0 Å². The van der Waals surface area contributed by atoms with Crippen molar-refractivity contribution in [2.75, 3.05) is 18.9 Å². The number of nitrogens with two attached hydrogens (primary N) is 1. The zero-order valence-electron chi connectivity index (χ0n) is 11.7. The third-order valence-electron chi connectivity index (χ3n) is 3.10. The second-order valence-corrected chi connectivity index (χ2v) is 5.49. The minimum Gasteiger partial charge on any atom is -0.328 e. The molecule has 0 spiro atoms. The van der Waals surface area contributed by atoms with E-state index in [2.05, 4.69) is 19.2 Å². The number of carbonyl (C=O) groups excluding carboxylic acids is 1. The molecule has 0 heterocycles. The van der Waals surface area contributed by atoms with Crippen LogP contribution in [-0.2, 0) is 0 Å². The van der Waals surface area contributed by atoms with E-state index in [4.69, 9.17) is 17.3 Å². The van der Waals surface area contributed by atoms with Crippen molar-refractivity contribution in [1.82, 2.24) is 4.90 Å². The Morgan fingerprint density at radius 2 is 1.95 bits per heavy atom. The highest BCUT2D eigenvalue weighted by Gasteiger charge is 2.12. The molecule has 1 unspecified atom stereocenters. The van der Waals surface area contributed by atoms with E-state index in [1.807, 2.05) is 0 Å². The second-order valence-electron chi connectivity index (χ2n) is 5.06. The fraction of sp³-hybridized carbons (Fsp3) is 0.500. The van der Waals surface area contributed by atoms with E-state index in [1.165, 1.54) is 0 Å². The number of hydrogen-bond donors (Lipinski definition) is 2. The molecule has 0 aliphatic carbocycles. The summed E-state index contributed by atoms with van der Waals surface area (Å²) in [5.41, 5.74) is 6.69. The Morgan fingerprint density at radius 1 is 1.37 bits per heavy atom. The third-order valence-corrected chi connectivity index (χ3v) is 3.35. The van der Waals surface area contributed by atoms with Gasteiger partial charge in [0.05, 0.1) is 0 Å². The predicted octanol–water partition coefficient (Wildman–Crippen LogP) is 3.18. The van der Waals surface area contributed by atoms with Gasteiger partial charge >= 0.3 is 6.03 Å². The maximum Gasteiger partial charge on any atom is 0.321 e. The summed E-state index contributed by atoms with van der Waals surface area (Å²) < 4.78 is 0. The van der Waals surface area contributed by atoms with Gasteiger partial charge in [-0.25, -0.2) is 4.79 Å². The molecule has 0 aliphatic heterocycles. The van der Waals surface area contributed by atoms with Gasteiger partial charge in [0.2, 0.25) is 0 Å². The lowest BCUT2D eigenvalue weighted by Crippen LogP contribution is -2.36. The molecule has 0 saturated heterocycles. The molecule has 1 rings (SSSR count). The zero-order chi connectivity index (χ0) is 14.4. The van der Waals surface area contributed by atoms with Crippen LogP contribution in [0.2, 0.25) is 5.02 Å². The normalized spacial score (nSPS) is 12.3. The van der Waals surface area contributed by atoms with Crippen LogP contribution in [-0.4, -0.2) is 30.6 Å². The van der Waals surface area contributed by atoms with Crippen LogP contribution in [0.4, 0.5) is 10.5 Å². The molecule has 4 nitrogen and oxygen atoms in total. The van der Waals surface area contributed by atoms with E-state index in [-0.39, 0.29) is 12.1 Å². The number of rotatable bonds is 5. The van der Waals surface area contributed by atoms with E-state index in [9.17, 15) is 4.79 Å². The van der Waals surface area contributed by atoms with Crippen LogP contribution in [0.1, 0.15) is 20.3 Å². The minimum atomic E-state index is -0.140. The first-order valence-corrected chi connectivity index (χ1v) is 6.81. The molecule has 0 aliphatic rings. The number of hydrogen-bond acceptors (Lipinski definition) is 2. The Morgan fingerprint density at radius 3 is 2.47 bits per heavy atom. The number of urea groups is 1. The quantitative estimate of drug-likeness (QED) is 0.872. The first kappa shape index (κ1) is 15.8. The number of anilines is 1. The molecular weight excluding hydrogens is 262 g/mol. The average molecular weight is 284 g/mol. The molecule has 19 heavy (non-hydrogen) atoms. The van der Waals surface area contributed by atoms with Crippen molar-refractivity contribution >= 4 is 23.3 Å². The van der Waals surface area contributed by atoms with Crippen molar-refractivity contribution < 1.29 is 4.79 Å². The molecule has 3 N–H and O–H groups in total. The van der Waals surface area contributed by atoms with Gasteiger partial charge in [0.1, 0.15) is 0 Å². The molecule has 1 aromatic carbocycles. The van der Waals surface area contributed by atoms with Crippen molar-refractivity contribution in [3.05, 3.63) is 29.3 Å². The third kappa shape index (κ3) is 5.49. The summed E-state index contributed by atoms with van der Waals surface area (Å²) in [6.07, 6.45) is 0.794. The summed E-state index contributed by atoms with van der Waals surface area (Å²) >= 11 is 5.79. The molecule has 5 heteroatoms. The van der Waals surface area contributed by atoms with E-state index < -0.39 is 0 Å². The lowest BCUT2D eigenvalue weighted by molar-refractivity contribution is 0.219. The summed E-state index contributed by atoms with van der Waals surface area (Å²) in [6, 6.07) is 7.00. The molecule has 1 atom stereocenters. The smallest absolute Gasteiger partial charge is 0.321 e. The maximum absolute atomic E-state index is 11.9. The molecule has 0 saturated carbocycles. The first-order valence-electron chi connectivity index (χ1n) is 6.43. The van der Waals surface area contributed by atoms with Crippen LogP contribution < -0.4 is 11.1 Å². The van der Waals surface area contributed by atoms with E-state index in [1.54, 1.807) is 36.2 Å². The van der Waals surface area contributed by atoms with Gasteiger partial charge in [-0.05, 0) is 36.6 Å². The highest BCUT2D eigenvalue weighted by Crippen LogP contribution is 2.14. The van der Waals surface area contributed by atoms with Crippen LogP contribution in [0.3, 0.4) is 0 Å². The molecule has 2 amide bonds. The zero-order valence-corrected chi connectivity index (χ0v) is 12.4. The van der Waals surface area contributed by atoms with Gasteiger partial charge in [0, 0.05) is 30.3 Å². The standard InChI is InChI=1S/C14H22ClN3O/c1-10(2)13(16)8-9-18(3)14(19)17-12-6-4-11(15)5-7-12/h4-7,10,13H,8-9,16H2,1-3H3,(H,17,19). The van der Waals surface area contributed by atoms with Gasteiger partial charge < -0.3 is 16.0 Å². The Balaban J connectivity index is 2.42. The van der Waals surface area contributed by atoms with Gasteiger partial charge in [0.25, 0.3) is 0 Å². The van der Waals surface area contributed by atoms with E-state index >= 15 is 0 Å². The van der Waals surface area contributed by atoms with Crippen LogP contribution in [0.15, 0.2) is 24.3 Å². The summed E-state index contributed by atoms with van der Waals surface area (Å²) in [5, 5.41) is 3.46. The van der Waals surface area contributed by atoms with E-state index in [0.717, 1.165) is 12.1 Å². The fourth-order valence-corrected chi connectivity index (χ4v) is 1.66. The summed E-state index contributed by atoms with van der Waals surface area (Å²) in [7, 11) is 1.76. The Kier molecular flexibility index (Phi) is 6.12. The topological polar surface area (TPSA) is 58.4 Å². The number of nitrogens with zero attached hydrogens (tertiary/aromatic N) is 1. The first-order chi connectivity index (χ1) is 8.90. The Labute approximate surface area is 119 Å². The monoisotopic (exact) mass is 283 g/mol. The molecule has 0 fully saturated rings. The Hall–Kier alpha value is -1.26. The Bertz CT molecular complexity index is 406. The van der Waals surface area contributed by atoms with Crippen LogP contribution in [0.25, 0.3) is 0 Å². The molecule has 0 radical (unpaired) electrons. The SMILES string of the molecule is CC(C)C(N)CCN(C)C(=O)Nc1ccc(Cl)cc1. The highest BCUT2D eigenvalue weighted by molar-refractivity contribution is 6.30. The van der Waals surface area contributed by atoms with Gasteiger partial charge in [-0.2, -0.15) is 0 Å². The van der Waals surface area contributed by atoms with Gasteiger partial charge in [-0.3, -0.25) is 0 Å². The van der Waals surface area contributed by atoms with Gasteiger partial charge in [-0.15, -0.1) is 0 Å².